The van der Waals surface area contributed by atoms with Crippen molar-refractivity contribution in [3.05, 3.63) is 0 Å². The second-order valence-electron chi connectivity index (χ2n) is 0.366. The maximum absolute atomic E-state index is 8.56. The molecule has 0 heterocycles. The largest absolute Gasteiger partial charge is 0 e. The molecule has 0 fully saturated rings. The van der Waals surface area contributed by atoms with Crippen molar-refractivity contribution in [3.8, 4) is 0 Å². The van der Waals surface area contributed by atoms with Crippen LogP contribution in [0.15, 0.2) is 0 Å². The van der Waals surface area contributed by atoms with Crippen molar-refractivity contribution in [2.24, 2.45) is 0 Å². The average molecular weight is 525 g/mol. The van der Waals surface area contributed by atoms with E-state index >= 15 is 0 Å². The predicted octanol–water partition coefficient (Wildman–Crippen LogP) is -3.29. The molecule has 5 nitrogen and oxygen atoms in total. The van der Waals surface area contributed by atoms with E-state index in [1.807, 2.05) is 0 Å². The zero-order valence-corrected chi connectivity index (χ0v) is 12.6. The number of hydrogen-bond acceptors (Lipinski definition) is 3. The Bertz CT molecular complexity index is 99.4. The zero-order valence-electron chi connectivity index (χ0n) is 6.15. The van der Waals surface area contributed by atoms with E-state index in [4.69, 9.17) is 22.6 Å². The molecule has 0 unspecified atom stereocenters. The second kappa shape index (κ2) is 40.5. The van der Waals surface area contributed by atoms with Crippen molar-refractivity contribution in [1.29, 1.82) is 0 Å². The van der Waals surface area contributed by atoms with Crippen LogP contribution in [-0.4, -0.2) is 31.7 Å². The number of carbonyl (C=O) groups is 1. The minimum Gasteiger partial charge on any atom is 0 e. The normalized spacial score (nSPS) is 2.91. The molecule has 0 aromatic rings. The van der Waals surface area contributed by atoms with Crippen LogP contribution in [0.2, 0.25) is 0 Å². The van der Waals surface area contributed by atoms with Gasteiger partial charge in [-0.3, -0.25) is 0 Å². The fourth-order valence-corrected chi connectivity index (χ4v) is 0. The Hall–Kier alpha value is 1.93. The Kier molecular flexibility index (Phi) is 141. The van der Waals surface area contributed by atoms with Crippen LogP contribution in [0.4, 0.5) is 4.79 Å². The quantitative estimate of drug-likeness (QED) is 0.324. The molecule has 0 amide bonds. The number of hydrogen-bond donors (Lipinski definition) is 2. The number of carboxylic acid groups (broad SMARTS) is 2. The molecule has 0 atom stereocenters. The van der Waals surface area contributed by atoms with Gasteiger partial charge in [0.1, 0.15) is 0 Å². The molecule has 10 heteroatoms. The van der Waals surface area contributed by atoms with Crippen LogP contribution < -0.4 is 18.9 Å². The summed E-state index contributed by atoms with van der Waals surface area (Å²) in [5.74, 6) is 0. The SMILES string of the molecule is O=C(O)O.[Ag].[H-].[Li+].[Ni].[O]=[Ge]=[O].[W]. The molecule has 0 aromatic heterocycles. The molecular weight excluding hydrogens is 522 g/mol. The molecule has 11 heavy (non-hydrogen) atoms. The Morgan fingerprint density at radius 1 is 1.27 bits per heavy atom. The van der Waals surface area contributed by atoms with Crippen LogP contribution in [0, 0.1) is 0 Å². The first-order valence-electron chi connectivity index (χ1n) is 1.06. The zero-order chi connectivity index (χ0) is 6.28. The van der Waals surface area contributed by atoms with Crippen LogP contribution in [0.25, 0.3) is 0 Å². The van der Waals surface area contributed by atoms with Crippen molar-refractivity contribution in [1.82, 2.24) is 0 Å². The maximum Gasteiger partial charge on any atom is 0 e. The molecule has 0 aliphatic carbocycles. The van der Waals surface area contributed by atoms with Gasteiger partial charge in [0.15, 0.2) is 0 Å². The van der Waals surface area contributed by atoms with Gasteiger partial charge in [-0.25, -0.2) is 4.79 Å². The summed E-state index contributed by atoms with van der Waals surface area (Å²) in [4.78, 5) is 8.56. The van der Waals surface area contributed by atoms with E-state index < -0.39 is 21.5 Å². The van der Waals surface area contributed by atoms with E-state index in [2.05, 4.69) is 0 Å². The molecule has 0 aliphatic heterocycles. The standard InChI is InChI=1S/CH2O3.Ag.GeO2.Li.Ni.W.H/c2-1(3)4;;2-1-3;;;;/h(H2,2,3,4);;;;;;/q;;;+1;;;-1. The Balaban J connectivity index is -0.00000000597. The maximum atomic E-state index is 8.56. The fraction of sp³-hybridized carbons (Fsp3) is 0. The summed E-state index contributed by atoms with van der Waals surface area (Å²) in [5, 5.41) is 13.9. The third-order valence-electron chi connectivity index (χ3n) is 0. The molecule has 0 aliphatic rings. The molecule has 0 rings (SSSR count). The van der Waals surface area contributed by atoms with Crippen molar-refractivity contribution in [2.75, 3.05) is 0 Å². The summed E-state index contributed by atoms with van der Waals surface area (Å²) in [5.41, 5.74) is 0. The first-order chi connectivity index (χ1) is 3.15. The molecule has 0 saturated heterocycles. The summed E-state index contributed by atoms with van der Waals surface area (Å²) < 4.78 is 17.0. The molecule has 0 aromatic carbocycles. The van der Waals surface area contributed by atoms with Gasteiger partial charge in [0, 0.05) is 59.9 Å². The minimum atomic E-state index is -2.00. The van der Waals surface area contributed by atoms with Crippen LogP contribution in [-0.2, 0) is 67.5 Å². The van der Waals surface area contributed by atoms with Gasteiger partial charge in [-0.2, -0.15) is 0 Å². The van der Waals surface area contributed by atoms with Gasteiger partial charge in [0.05, 0.1) is 0 Å². The van der Waals surface area contributed by atoms with Gasteiger partial charge in [-0.05, 0) is 0 Å². The van der Waals surface area contributed by atoms with E-state index in [1.54, 1.807) is 0 Å². The van der Waals surface area contributed by atoms with Gasteiger partial charge in [-0.1, -0.05) is 0 Å². The first kappa shape index (κ1) is 38.3. The van der Waals surface area contributed by atoms with E-state index in [-0.39, 0.29) is 80.2 Å². The van der Waals surface area contributed by atoms with Crippen LogP contribution in [0.5, 0.6) is 0 Å². The summed E-state index contributed by atoms with van der Waals surface area (Å²) in [6.45, 7) is 0. The number of rotatable bonds is 0. The summed E-state index contributed by atoms with van der Waals surface area (Å²) >= 11 is -2.00. The minimum absolute atomic E-state index is 0. The van der Waals surface area contributed by atoms with Crippen LogP contribution >= 0.6 is 0 Å². The van der Waals surface area contributed by atoms with E-state index in [0.717, 1.165) is 0 Å². The molecule has 0 spiro atoms. The molecule has 2 N–H and O–H groups in total. The topological polar surface area (TPSA) is 91.7 Å². The third kappa shape index (κ3) is 315. The summed E-state index contributed by atoms with van der Waals surface area (Å²) in [6, 6.07) is 0. The fourth-order valence-electron chi connectivity index (χ4n) is 0. The van der Waals surface area contributed by atoms with Gasteiger partial charge in [-0.15, -0.1) is 0 Å². The van der Waals surface area contributed by atoms with E-state index in [9.17, 15) is 0 Å². The van der Waals surface area contributed by atoms with E-state index in [1.165, 1.54) is 0 Å². The van der Waals surface area contributed by atoms with Crippen molar-refractivity contribution in [3.63, 3.8) is 0 Å². The van der Waals surface area contributed by atoms with Gasteiger partial charge in [0.25, 0.3) is 0 Å². The van der Waals surface area contributed by atoms with E-state index in [0.29, 0.717) is 0 Å². The van der Waals surface area contributed by atoms with Crippen molar-refractivity contribution < 1.29 is 103 Å². The monoisotopic (exact) mass is 525 g/mol. The van der Waals surface area contributed by atoms with Gasteiger partial charge >= 0.3 is 47.9 Å². The summed E-state index contributed by atoms with van der Waals surface area (Å²) in [6.07, 6.45) is -1.83. The molecule has 0 saturated carbocycles. The smallest absolute Gasteiger partial charge is 0 e. The Morgan fingerprint density at radius 3 is 1.27 bits per heavy atom. The van der Waals surface area contributed by atoms with Crippen molar-refractivity contribution >= 4 is 21.5 Å². The molecule has 1 radical (unpaired) electrons. The molecular formula is CH3AgGeLiNiO5W. The van der Waals surface area contributed by atoms with Gasteiger partial charge < -0.3 is 11.6 Å². The molecule has 0 bridgehead atoms. The van der Waals surface area contributed by atoms with Crippen LogP contribution in [0.1, 0.15) is 1.43 Å². The first-order valence-corrected chi connectivity index (χ1v) is 2.77. The van der Waals surface area contributed by atoms with Gasteiger partial charge in [0.2, 0.25) is 0 Å². The Morgan fingerprint density at radius 2 is 1.27 bits per heavy atom. The average Bonchev–Trinajstić information content (AvgIpc) is 1.33. The molecule has 69 valence electrons. The predicted molar refractivity (Wildman–Crippen MR) is 18.9 cm³/mol. The van der Waals surface area contributed by atoms with Crippen LogP contribution in [0.3, 0.4) is 0 Å². The van der Waals surface area contributed by atoms with Crippen molar-refractivity contribution in [2.45, 2.75) is 0 Å². The summed E-state index contributed by atoms with van der Waals surface area (Å²) in [7, 11) is 0. The Labute approximate surface area is 123 Å². The second-order valence-corrected chi connectivity index (χ2v) is 0.716. The third-order valence-corrected chi connectivity index (χ3v) is 0.